The molecule has 0 fully saturated rings. The molecule has 0 amide bonds. The average Bonchev–Trinajstić information content (AvgIpc) is 2.61. The minimum absolute atomic E-state index is 0.993. The van der Waals surface area contributed by atoms with E-state index in [-0.39, 0.29) is 0 Å². The highest BCUT2D eigenvalue weighted by molar-refractivity contribution is 6.04. The lowest BCUT2D eigenvalue weighted by Crippen LogP contribution is -2.04. The van der Waals surface area contributed by atoms with Crippen molar-refractivity contribution in [3.63, 3.8) is 0 Å². The molecule has 13 nitrogen and oxygen atoms in total. The van der Waals surface area contributed by atoms with E-state index >= 15 is 0 Å². The Kier molecular flexibility index (Phi) is 4.35. The second kappa shape index (κ2) is 6.15. The number of carbonyl (C=O) groups is 1. The van der Waals surface area contributed by atoms with Crippen LogP contribution in [0, 0.1) is 0 Å². The summed E-state index contributed by atoms with van der Waals surface area (Å²) in [5, 5.41) is 95.8. The number of anilines is 1. The van der Waals surface area contributed by atoms with Crippen LogP contribution < -0.4 is 5.48 Å². The van der Waals surface area contributed by atoms with E-state index in [2.05, 4.69) is 4.89 Å². The summed E-state index contributed by atoms with van der Waals surface area (Å²) in [4.78, 5) is 14.8. The zero-order valence-corrected chi connectivity index (χ0v) is 12.3. The largest absolute Gasteiger partial charge is 0.506 e. The predicted molar refractivity (Wildman–Crippen MR) is 78.6 cm³/mol. The molecule has 0 spiro atoms. The summed E-state index contributed by atoms with van der Waals surface area (Å²) in [6.45, 7) is 0. The zero-order chi connectivity index (χ0) is 19.9. The molecule has 0 aromatic heterocycles. The van der Waals surface area contributed by atoms with Crippen LogP contribution in [0.1, 0.15) is 10.4 Å². The van der Waals surface area contributed by atoms with Crippen molar-refractivity contribution in [2.75, 3.05) is 5.48 Å². The monoisotopic (exact) mass is 373 g/mol. The third-order valence-electron chi connectivity index (χ3n) is 3.44. The Labute approximate surface area is 142 Å². The van der Waals surface area contributed by atoms with Gasteiger partial charge in [-0.3, -0.25) is 15.6 Å². The highest BCUT2D eigenvalue weighted by Crippen LogP contribution is 2.60. The summed E-state index contributed by atoms with van der Waals surface area (Å²) in [5.74, 6) is -12.7. The average molecular weight is 373 g/mol. The van der Waals surface area contributed by atoms with Crippen molar-refractivity contribution in [3.8, 4) is 57.1 Å². The quantitative estimate of drug-likeness (QED) is 0.151. The summed E-state index contributed by atoms with van der Waals surface area (Å²) >= 11 is 0. The minimum atomic E-state index is -1.81. The first-order valence-electron chi connectivity index (χ1n) is 6.35. The van der Waals surface area contributed by atoms with E-state index in [4.69, 9.17) is 10.5 Å². The van der Waals surface area contributed by atoms with Gasteiger partial charge >= 0.3 is 5.97 Å². The number of hydrogen-bond donors (Lipinski definition) is 11. The Morgan fingerprint density at radius 1 is 0.654 bits per heavy atom. The normalized spacial score (nSPS) is 10.5. The van der Waals surface area contributed by atoms with Crippen LogP contribution in [0.25, 0.3) is 11.1 Å². The molecule has 0 aliphatic heterocycles. The summed E-state index contributed by atoms with van der Waals surface area (Å²) < 4.78 is 0. The molecule has 26 heavy (non-hydrogen) atoms. The van der Waals surface area contributed by atoms with Crippen LogP contribution >= 0.6 is 0 Å². The van der Waals surface area contributed by atoms with Crippen molar-refractivity contribution < 1.29 is 61.0 Å². The number of aromatic hydroxyl groups is 8. The maximum atomic E-state index is 11.5. The van der Waals surface area contributed by atoms with Gasteiger partial charge < -0.3 is 40.9 Å². The van der Waals surface area contributed by atoms with Crippen LogP contribution in [0.4, 0.5) is 5.69 Å². The second-order valence-corrected chi connectivity index (χ2v) is 4.78. The van der Waals surface area contributed by atoms with Crippen molar-refractivity contribution in [1.82, 2.24) is 0 Å². The molecule has 0 unspecified atom stereocenters. The maximum absolute atomic E-state index is 11.5. The lowest BCUT2D eigenvalue weighted by atomic mass is 9.95. The van der Waals surface area contributed by atoms with Gasteiger partial charge in [-0.05, 0) is 0 Å². The summed E-state index contributed by atoms with van der Waals surface area (Å²) in [6, 6.07) is 0. The smallest absolute Gasteiger partial charge is 0.380 e. The SMILES string of the molecule is O=C(OO)c1c(O)c(O)c(O)c(-c2c(O)c(O)c(O)c(NO)c2O)c1O. The number of carbonyl (C=O) groups excluding carboxylic acids is 1. The fourth-order valence-electron chi connectivity index (χ4n) is 2.22. The van der Waals surface area contributed by atoms with Crippen LogP contribution in [-0.4, -0.2) is 57.3 Å². The molecule has 0 bridgehead atoms. The van der Waals surface area contributed by atoms with Gasteiger partial charge in [0.1, 0.15) is 11.4 Å². The molecule has 13 heteroatoms. The molecule has 2 aromatic carbocycles. The molecule has 2 rings (SSSR count). The highest BCUT2D eigenvalue weighted by atomic mass is 17.1. The van der Waals surface area contributed by atoms with E-state index in [1.165, 1.54) is 5.48 Å². The van der Waals surface area contributed by atoms with Gasteiger partial charge in [-0.2, -0.15) is 5.26 Å². The molecular formula is C13H11NO12. The van der Waals surface area contributed by atoms with Gasteiger partial charge in [-0.1, -0.05) is 0 Å². The lowest BCUT2D eigenvalue weighted by Gasteiger charge is -2.18. The van der Waals surface area contributed by atoms with E-state index in [1.807, 2.05) is 0 Å². The number of rotatable bonds is 3. The van der Waals surface area contributed by atoms with Crippen molar-refractivity contribution in [2.45, 2.75) is 0 Å². The molecule has 0 aliphatic rings. The van der Waals surface area contributed by atoms with Crippen molar-refractivity contribution in [3.05, 3.63) is 5.56 Å². The summed E-state index contributed by atoms with van der Waals surface area (Å²) in [7, 11) is 0. The molecule has 11 N–H and O–H groups in total. The van der Waals surface area contributed by atoms with Gasteiger partial charge in [-0.25, -0.2) is 4.79 Å². The number of hydrogen-bond acceptors (Lipinski definition) is 13. The summed E-state index contributed by atoms with van der Waals surface area (Å²) in [6.07, 6.45) is 0. The molecule has 140 valence electrons. The van der Waals surface area contributed by atoms with Gasteiger partial charge in [0.25, 0.3) is 0 Å². The zero-order valence-electron chi connectivity index (χ0n) is 12.3. The maximum Gasteiger partial charge on any atom is 0.380 e. The first kappa shape index (κ1) is 18.4. The minimum Gasteiger partial charge on any atom is -0.506 e. The highest BCUT2D eigenvalue weighted by Gasteiger charge is 2.34. The third kappa shape index (κ3) is 2.31. The lowest BCUT2D eigenvalue weighted by molar-refractivity contribution is -0.183. The molecule has 0 saturated carbocycles. The second-order valence-electron chi connectivity index (χ2n) is 4.78. The Morgan fingerprint density at radius 3 is 1.58 bits per heavy atom. The fraction of sp³-hybridized carbons (Fsp3) is 0. The number of benzene rings is 2. The van der Waals surface area contributed by atoms with Gasteiger partial charge in [0.2, 0.25) is 11.5 Å². The molecule has 0 aliphatic carbocycles. The Morgan fingerprint density at radius 2 is 1.12 bits per heavy atom. The van der Waals surface area contributed by atoms with Crippen molar-refractivity contribution in [2.24, 2.45) is 0 Å². The fourth-order valence-corrected chi connectivity index (χ4v) is 2.22. The third-order valence-corrected chi connectivity index (χ3v) is 3.44. The number of nitrogens with one attached hydrogen (secondary N) is 1. The van der Waals surface area contributed by atoms with Gasteiger partial charge in [0, 0.05) is 0 Å². The van der Waals surface area contributed by atoms with Crippen LogP contribution in [0.2, 0.25) is 0 Å². The Bertz CT molecular complexity index is 923. The van der Waals surface area contributed by atoms with E-state index < -0.39 is 74.3 Å². The van der Waals surface area contributed by atoms with E-state index in [0.717, 1.165) is 0 Å². The van der Waals surface area contributed by atoms with Gasteiger partial charge in [-0.15, -0.1) is 0 Å². The van der Waals surface area contributed by atoms with Crippen LogP contribution in [0.5, 0.6) is 46.0 Å². The van der Waals surface area contributed by atoms with Gasteiger partial charge in [0.15, 0.2) is 34.3 Å². The Balaban J connectivity index is 3.06. The Hall–Kier alpha value is -3.97. The molecule has 0 heterocycles. The standard InChI is InChI=1S/C13H11NO12/c15-5-1(7(17)11(21)9(19)3(5)13(23)26-25)2-6(16)4(14-24)10(20)12(22)8(2)18/h14-22,24-25H. The first-order chi connectivity index (χ1) is 12.1. The molecule has 0 saturated heterocycles. The predicted octanol–water partition coefficient (Wildman–Crippen LogP) is 0.429. The molecule has 2 aromatic rings. The number of phenols is 8. The van der Waals surface area contributed by atoms with Crippen molar-refractivity contribution in [1.29, 1.82) is 0 Å². The van der Waals surface area contributed by atoms with Crippen LogP contribution in [0.3, 0.4) is 0 Å². The number of phenolic OH excluding ortho intramolecular Hbond substituents is 8. The van der Waals surface area contributed by atoms with Crippen LogP contribution in [-0.2, 0) is 4.89 Å². The first-order valence-corrected chi connectivity index (χ1v) is 6.35. The molecular weight excluding hydrogens is 362 g/mol. The van der Waals surface area contributed by atoms with Crippen LogP contribution in [0.15, 0.2) is 0 Å². The van der Waals surface area contributed by atoms with Crippen molar-refractivity contribution >= 4 is 11.7 Å². The van der Waals surface area contributed by atoms with E-state index in [9.17, 15) is 45.6 Å². The van der Waals surface area contributed by atoms with E-state index in [0.29, 0.717) is 0 Å². The topological polar surface area (TPSA) is 241 Å². The van der Waals surface area contributed by atoms with Gasteiger partial charge in [0.05, 0.1) is 11.1 Å². The molecule has 0 radical (unpaired) electrons. The van der Waals surface area contributed by atoms with E-state index in [1.54, 1.807) is 0 Å². The summed E-state index contributed by atoms with van der Waals surface area (Å²) in [5.41, 5.74) is -3.23. The molecule has 0 atom stereocenters.